The Balaban J connectivity index is 4.77. The van der Waals surface area contributed by atoms with E-state index in [2.05, 4.69) is 13.1 Å². The van der Waals surface area contributed by atoms with Crippen molar-refractivity contribution in [3.8, 4) is 0 Å². The van der Waals surface area contributed by atoms with E-state index in [1.165, 1.54) is 0 Å². The summed E-state index contributed by atoms with van der Waals surface area (Å²) in [6.45, 7) is 4.11. The fourth-order valence-corrected chi connectivity index (χ4v) is 11.1. The molecule has 0 saturated heterocycles. The maximum Gasteiger partial charge on any atom is 0.337 e. The molecule has 0 aromatic carbocycles. The highest BCUT2D eigenvalue weighted by Gasteiger charge is 2.43. The molecule has 0 amide bonds. The normalized spacial score (nSPS) is 13.7. The molecular formula is C12H32O6Si3. The Hall–Kier alpha value is 0.411. The van der Waals surface area contributed by atoms with Crippen molar-refractivity contribution in [3.05, 3.63) is 0 Å². The van der Waals surface area contributed by atoms with E-state index >= 15 is 0 Å². The van der Waals surface area contributed by atoms with Crippen LogP contribution in [-0.2, 0) is 26.6 Å². The van der Waals surface area contributed by atoms with Crippen molar-refractivity contribution in [2.45, 2.75) is 37.3 Å². The van der Waals surface area contributed by atoms with E-state index in [0.29, 0.717) is 0 Å². The van der Waals surface area contributed by atoms with Crippen LogP contribution in [-0.4, -0.2) is 68.3 Å². The van der Waals surface area contributed by atoms with Crippen LogP contribution in [0.15, 0.2) is 0 Å². The van der Waals surface area contributed by atoms with E-state index in [9.17, 15) is 0 Å². The van der Waals surface area contributed by atoms with E-state index in [1.54, 1.807) is 42.7 Å². The molecule has 0 aliphatic heterocycles. The average molecular weight is 357 g/mol. The summed E-state index contributed by atoms with van der Waals surface area (Å²) in [5.41, 5.74) is 0. The molecule has 0 aliphatic carbocycles. The Morgan fingerprint density at radius 3 is 0.952 bits per heavy atom. The van der Waals surface area contributed by atoms with Crippen molar-refractivity contribution in [2.75, 3.05) is 42.7 Å². The summed E-state index contributed by atoms with van der Waals surface area (Å²) in [4.78, 5) is 0. The van der Waals surface area contributed by atoms with Crippen molar-refractivity contribution in [3.63, 3.8) is 0 Å². The van der Waals surface area contributed by atoms with Gasteiger partial charge in [-0.1, -0.05) is 0 Å². The van der Waals surface area contributed by atoms with Gasteiger partial charge in [-0.05, 0) is 37.3 Å². The van der Waals surface area contributed by atoms with Crippen molar-refractivity contribution >= 4 is 25.7 Å². The Kier molecular flexibility index (Phi) is 9.71. The molecule has 0 bridgehead atoms. The first-order valence-corrected chi connectivity index (χ1v) is 14.4. The minimum Gasteiger partial charge on any atom is -0.398 e. The highest BCUT2D eigenvalue weighted by atomic mass is 28.4. The molecule has 128 valence electrons. The smallest absolute Gasteiger partial charge is 0.337 e. The highest BCUT2D eigenvalue weighted by Crippen LogP contribution is 2.29. The minimum atomic E-state index is -2.28. The lowest BCUT2D eigenvalue weighted by Gasteiger charge is -2.33. The number of rotatable bonds is 12. The van der Waals surface area contributed by atoms with Gasteiger partial charge in [-0.3, -0.25) is 0 Å². The second kappa shape index (κ2) is 9.53. The summed E-state index contributed by atoms with van der Waals surface area (Å²) < 4.78 is 33.8. The molecule has 0 aromatic rings. The lowest BCUT2D eigenvalue weighted by Crippen LogP contribution is -2.47. The topological polar surface area (TPSA) is 55.4 Å². The second-order valence-electron chi connectivity index (χ2n) is 5.40. The molecule has 0 rings (SSSR count). The fraction of sp³-hybridized carbons (Fsp3) is 1.00. The van der Waals surface area contributed by atoms with Gasteiger partial charge in [0.2, 0.25) is 0 Å². The van der Waals surface area contributed by atoms with Gasteiger partial charge < -0.3 is 26.6 Å². The van der Waals surface area contributed by atoms with Gasteiger partial charge >= 0.3 is 25.7 Å². The molecular weight excluding hydrogens is 324 g/mol. The summed E-state index contributed by atoms with van der Waals surface area (Å²) in [6.07, 6.45) is 0. The minimum absolute atomic E-state index is 0.850. The molecule has 0 N–H and O–H groups in total. The molecule has 0 unspecified atom stereocenters. The third-order valence-electron chi connectivity index (χ3n) is 4.39. The lowest BCUT2D eigenvalue weighted by molar-refractivity contribution is 0.227. The average Bonchev–Trinajstić information content (AvgIpc) is 2.55. The maximum atomic E-state index is 5.79. The lowest BCUT2D eigenvalue weighted by atomic mass is 10.9. The van der Waals surface area contributed by atoms with Gasteiger partial charge in [0.1, 0.15) is 0 Å². The predicted octanol–water partition coefficient (Wildman–Crippen LogP) is 2.45. The van der Waals surface area contributed by atoms with Crippen LogP contribution >= 0.6 is 0 Å². The van der Waals surface area contributed by atoms with E-state index in [1.807, 2.05) is 0 Å². The third kappa shape index (κ3) is 6.59. The van der Waals surface area contributed by atoms with Gasteiger partial charge in [0.05, 0.1) is 0 Å². The van der Waals surface area contributed by atoms with Crippen molar-refractivity contribution in [2.24, 2.45) is 0 Å². The molecule has 0 saturated carbocycles. The zero-order chi connectivity index (χ0) is 16.6. The van der Waals surface area contributed by atoms with Crippen LogP contribution in [0.2, 0.25) is 37.3 Å². The third-order valence-corrected chi connectivity index (χ3v) is 14.7. The van der Waals surface area contributed by atoms with Gasteiger partial charge in [0.15, 0.2) is 0 Å². The van der Waals surface area contributed by atoms with E-state index in [4.69, 9.17) is 26.6 Å². The molecule has 0 fully saturated rings. The number of hydrogen-bond donors (Lipinski definition) is 0. The van der Waals surface area contributed by atoms with Gasteiger partial charge in [0.25, 0.3) is 0 Å². The fourth-order valence-electron chi connectivity index (χ4n) is 2.03. The maximum absolute atomic E-state index is 5.79. The SMILES string of the molecule is CO[Si](C)(CC[Si](CC[Si](C)(OC)OC)(OC)OC)OC. The first kappa shape index (κ1) is 21.4. The second-order valence-corrected chi connectivity index (χ2v) is 16.2. The first-order chi connectivity index (χ1) is 9.78. The number of hydrogen-bond acceptors (Lipinski definition) is 6. The van der Waals surface area contributed by atoms with Gasteiger partial charge in [-0.15, -0.1) is 0 Å². The van der Waals surface area contributed by atoms with Crippen molar-refractivity contribution in [1.82, 2.24) is 0 Å². The zero-order valence-electron chi connectivity index (χ0n) is 14.8. The van der Waals surface area contributed by atoms with Crippen LogP contribution in [0.5, 0.6) is 0 Å². The molecule has 21 heavy (non-hydrogen) atoms. The Morgan fingerprint density at radius 2 is 0.762 bits per heavy atom. The van der Waals surface area contributed by atoms with Crippen molar-refractivity contribution in [1.29, 1.82) is 0 Å². The molecule has 0 atom stereocenters. The standard InChI is InChI=1S/C12H32O6Si3/c1-13-19(7,14-2)9-11-21(17-5,18-6)12-10-20(8,15-3)16-4/h9-12H2,1-8H3. The van der Waals surface area contributed by atoms with Gasteiger partial charge in [-0.25, -0.2) is 0 Å². The van der Waals surface area contributed by atoms with Crippen LogP contribution in [0.1, 0.15) is 0 Å². The summed E-state index contributed by atoms with van der Waals surface area (Å²) >= 11 is 0. The molecule has 6 nitrogen and oxygen atoms in total. The van der Waals surface area contributed by atoms with Crippen LogP contribution in [0.25, 0.3) is 0 Å². The first-order valence-electron chi connectivity index (χ1n) is 7.09. The Bertz CT molecular complexity index is 256. The molecule has 0 aliphatic rings. The molecule has 0 aromatic heterocycles. The molecule has 0 spiro atoms. The summed E-state index contributed by atoms with van der Waals surface area (Å²) in [5, 5.41) is 0. The monoisotopic (exact) mass is 356 g/mol. The quantitative estimate of drug-likeness (QED) is 0.501. The van der Waals surface area contributed by atoms with Gasteiger partial charge in [-0.2, -0.15) is 0 Å². The molecule has 0 heterocycles. The Morgan fingerprint density at radius 1 is 0.476 bits per heavy atom. The van der Waals surface area contributed by atoms with E-state index < -0.39 is 25.7 Å². The van der Waals surface area contributed by atoms with Crippen LogP contribution in [0, 0.1) is 0 Å². The summed E-state index contributed by atoms with van der Waals surface area (Å²) in [7, 11) is 3.79. The van der Waals surface area contributed by atoms with Crippen LogP contribution in [0.4, 0.5) is 0 Å². The molecule has 0 radical (unpaired) electrons. The van der Waals surface area contributed by atoms with Crippen LogP contribution < -0.4 is 0 Å². The zero-order valence-corrected chi connectivity index (χ0v) is 17.8. The van der Waals surface area contributed by atoms with Gasteiger partial charge in [0, 0.05) is 42.7 Å². The summed E-state index contributed by atoms with van der Waals surface area (Å²) in [6, 6.07) is 3.41. The molecule has 9 heteroatoms. The van der Waals surface area contributed by atoms with Crippen molar-refractivity contribution < 1.29 is 26.6 Å². The predicted molar refractivity (Wildman–Crippen MR) is 90.3 cm³/mol. The largest absolute Gasteiger partial charge is 0.398 e. The highest BCUT2D eigenvalue weighted by molar-refractivity contribution is 6.74. The Labute approximate surface area is 132 Å². The van der Waals surface area contributed by atoms with E-state index in [-0.39, 0.29) is 0 Å². The van der Waals surface area contributed by atoms with E-state index in [0.717, 1.165) is 24.2 Å². The summed E-state index contributed by atoms with van der Waals surface area (Å²) in [5.74, 6) is 0. The van der Waals surface area contributed by atoms with Crippen LogP contribution in [0.3, 0.4) is 0 Å².